The third kappa shape index (κ3) is 4.71. The van der Waals surface area contributed by atoms with E-state index in [4.69, 9.17) is 4.74 Å². The summed E-state index contributed by atoms with van der Waals surface area (Å²) in [5.41, 5.74) is 0. The van der Waals surface area contributed by atoms with E-state index in [0.29, 0.717) is 12.5 Å². The highest BCUT2D eigenvalue weighted by molar-refractivity contribution is 7.91. The molecule has 2 fully saturated rings. The maximum Gasteiger partial charge on any atom is 0.221 e. The molecule has 2 N–H and O–H groups in total. The van der Waals surface area contributed by atoms with Crippen LogP contribution in [0.25, 0.3) is 0 Å². The molecule has 0 aromatic heterocycles. The minimum absolute atomic E-state index is 0.0616. The zero-order valence-corrected chi connectivity index (χ0v) is 12.7. The predicted molar refractivity (Wildman–Crippen MR) is 76.2 cm³/mol. The van der Waals surface area contributed by atoms with E-state index in [0.717, 1.165) is 26.1 Å². The third-order valence-electron chi connectivity index (χ3n) is 4.09. The van der Waals surface area contributed by atoms with Crippen molar-refractivity contribution in [1.29, 1.82) is 0 Å². The number of sulfone groups is 1. The summed E-state index contributed by atoms with van der Waals surface area (Å²) in [7, 11) is -2.99. The average Bonchev–Trinajstić information content (AvgIpc) is 2.38. The average molecular weight is 304 g/mol. The van der Waals surface area contributed by atoms with E-state index >= 15 is 0 Å². The Morgan fingerprint density at radius 2 is 2.10 bits per heavy atom. The number of amides is 1. The molecule has 20 heavy (non-hydrogen) atoms. The van der Waals surface area contributed by atoms with E-state index in [9.17, 15) is 13.2 Å². The summed E-state index contributed by atoms with van der Waals surface area (Å²) in [6.07, 6.45) is 2.17. The second kappa shape index (κ2) is 6.87. The molecule has 0 aromatic carbocycles. The summed E-state index contributed by atoms with van der Waals surface area (Å²) in [5, 5.41) is 6.09. The van der Waals surface area contributed by atoms with Gasteiger partial charge in [0.1, 0.15) is 0 Å². The fraction of sp³-hybridized carbons (Fsp3) is 0.923. The molecule has 2 rings (SSSR count). The van der Waals surface area contributed by atoms with E-state index in [2.05, 4.69) is 10.6 Å². The van der Waals surface area contributed by atoms with Gasteiger partial charge in [0.2, 0.25) is 5.91 Å². The summed E-state index contributed by atoms with van der Waals surface area (Å²) >= 11 is 0. The topological polar surface area (TPSA) is 84.5 Å². The minimum atomic E-state index is -2.99. The maximum absolute atomic E-state index is 12.0. The number of carbonyl (C=O) groups excluding carboxylic acids is 1. The zero-order valence-electron chi connectivity index (χ0n) is 11.9. The first kappa shape index (κ1) is 15.7. The molecule has 2 aliphatic rings. The molecule has 116 valence electrons. The van der Waals surface area contributed by atoms with Gasteiger partial charge in [0.05, 0.1) is 11.5 Å². The molecule has 2 aliphatic heterocycles. The quantitative estimate of drug-likeness (QED) is 0.744. The fourth-order valence-electron chi connectivity index (χ4n) is 2.87. The normalized spacial score (nSPS) is 28.8. The molecule has 7 heteroatoms. The Morgan fingerprint density at radius 3 is 2.75 bits per heavy atom. The van der Waals surface area contributed by atoms with Crippen LogP contribution in [-0.4, -0.2) is 57.7 Å². The second-order valence-electron chi connectivity index (χ2n) is 5.78. The number of ether oxygens (including phenoxy) is 1. The molecular formula is C13H24N2O4S. The van der Waals surface area contributed by atoms with Gasteiger partial charge in [0, 0.05) is 38.3 Å². The van der Waals surface area contributed by atoms with E-state index in [1.807, 2.05) is 6.92 Å². The van der Waals surface area contributed by atoms with Crippen molar-refractivity contribution in [1.82, 2.24) is 10.6 Å². The third-order valence-corrected chi connectivity index (χ3v) is 5.83. The number of carbonyl (C=O) groups is 1. The first-order valence-electron chi connectivity index (χ1n) is 7.27. The highest BCUT2D eigenvalue weighted by Gasteiger charge is 2.27. The van der Waals surface area contributed by atoms with Crippen LogP contribution in [0.3, 0.4) is 0 Å². The number of rotatable bonds is 4. The van der Waals surface area contributed by atoms with Crippen LogP contribution in [0.15, 0.2) is 0 Å². The molecule has 2 heterocycles. The van der Waals surface area contributed by atoms with Gasteiger partial charge in [-0.15, -0.1) is 0 Å². The maximum atomic E-state index is 12.0. The van der Waals surface area contributed by atoms with Crippen molar-refractivity contribution >= 4 is 15.7 Å². The van der Waals surface area contributed by atoms with E-state index < -0.39 is 9.84 Å². The zero-order chi connectivity index (χ0) is 14.6. The molecule has 0 radical (unpaired) electrons. The molecule has 1 amide bonds. The molecule has 2 atom stereocenters. The van der Waals surface area contributed by atoms with Crippen LogP contribution in [0.4, 0.5) is 0 Å². The van der Waals surface area contributed by atoms with Gasteiger partial charge in [-0.25, -0.2) is 8.42 Å². The van der Waals surface area contributed by atoms with Gasteiger partial charge in [-0.1, -0.05) is 0 Å². The van der Waals surface area contributed by atoms with Gasteiger partial charge in [0.25, 0.3) is 0 Å². The summed E-state index contributed by atoms with van der Waals surface area (Å²) in [6.45, 7) is 3.97. The Kier molecular flexibility index (Phi) is 5.40. The Labute approximate surface area is 120 Å². The molecular weight excluding hydrogens is 280 g/mol. The number of hydrogen-bond acceptors (Lipinski definition) is 5. The van der Waals surface area contributed by atoms with Crippen molar-refractivity contribution in [3.05, 3.63) is 0 Å². The standard InChI is InChI=1S/C13H24N2O4S/c1-10(11-2-5-19-6-3-11)15-13(16)8-12-9-20(17,18)7-4-14-12/h10-12,14H,2-9H2,1H3,(H,15,16). The highest BCUT2D eigenvalue weighted by Crippen LogP contribution is 2.18. The molecule has 0 bridgehead atoms. The van der Waals surface area contributed by atoms with Gasteiger partial charge >= 0.3 is 0 Å². The molecule has 0 saturated carbocycles. The van der Waals surface area contributed by atoms with E-state index in [1.54, 1.807) is 0 Å². The molecule has 2 saturated heterocycles. The number of hydrogen-bond donors (Lipinski definition) is 2. The second-order valence-corrected chi connectivity index (χ2v) is 8.00. The van der Waals surface area contributed by atoms with Crippen molar-refractivity contribution in [2.75, 3.05) is 31.3 Å². The lowest BCUT2D eigenvalue weighted by Gasteiger charge is -2.29. The first-order chi connectivity index (χ1) is 9.46. The van der Waals surface area contributed by atoms with Crippen molar-refractivity contribution in [3.63, 3.8) is 0 Å². The lowest BCUT2D eigenvalue weighted by Crippen LogP contribution is -2.49. The summed E-state index contributed by atoms with van der Waals surface area (Å²) in [6, 6.07) is -0.137. The van der Waals surface area contributed by atoms with Crippen molar-refractivity contribution in [2.24, 2.45) is 5.92 Å². The van der Waals surface area contributed by atoms with E-state index in [-0.39, 0.29) is 35.9 Å². The van der Waals surface area contributed by atoms with Crippen LogP contribution in [0.2, 0.25) is 0 Å². The monoisotopic (exact) mass is 304 g/mol. The van der Waals surface area contributed by atoms with Crippen LogP contribution in [0.5, 0.6) is 0 Å². The fourth-order valence-corrected chi connectivity index (χ4v) is 4.31. The van der Waals surface area contributed by atoms with Crippen molar-refractivity contribution in [3.8, 4) is 0 Å². The smallest absolute Gasteiger partial charge is 0.221 e. The van der Waals surface area contributed by atoms with Crippen LogP contribution in [0, 0.1) is 5.92 Å². The van der Waals surface area contributed by atoms with Crippen molar-refractivity contribution < 1.29 is 17.9 Å². The van der Waals surface area contributed by atoms with Crippen LogP contribution < -0.4 is 10.6 Å². The Hall–Kier alpha value is -0.660. The Bertz CT molecular complexity index is 432. The summed E-state index contributed by atoms with van der Waals surface area (Å²) < 4.78 is 28.4. The number of nitrogens with one attached hydrogen (secondary N) is 2. The highest BCUT2D eigenvalue weighted by atomic mass is 32.2. The molecule has 0 aromatic rings. The largest absolute Gasteiger partial charge is 0.381 e. The molecule has 6 nitrogen and oxygen atoms in total. The lowest BCUT2D eigenvalue weighted by molar-refractivity contribution is -0.122. The van der Waals surface area contributed by atoms with Gasteiger partial charge in [-0.05, 0) is 25.7 Å². The molecule has 0 aliphatic carbocycles. The van der Waals surface area contributed by atoms with E-state index in [1.165, 1.54) is 0 Å². The Balaban J connectivity index is 1.77. The van der Waals surface area contributed by atoms with Crippen LogP contribution in [0.1, 0.15) is 26.2 Å². The molecule has 0 spiro atoms. The van der Waals surface area contributed by atoms with Crippen LogP contribution in [-0.2, 0) is 19.4 Å². The van der Waals surface area contributed by atoms with Gasteiger partial charge in [-0.2, -0.15) is 0 Å². The predicted octanol–water partition coefficient (Wildman–Crippen LogP) is -0.306. The SMILES string of the molecule is CC(NC(=O)CC1CS(=O)(=O)CCN1)C1CCOCC1. The van der Waals surface area contributed by atoms with Gasteiger partial charge in [-0.3, -0.25) is 4.79 Å². The van der Waals surface area contributed by atoms with Crippen LogP contribution >= 0.6 is 0 Å². The first-order valence-corrected chi connectivity index (χ1v) is 9.09. The van der Waals surface area contributed by atoms with Gasteiger partial charge in [0.15, 0.2) is 9.84 Å². The Morgan fingerprint density at radius 1 is 1.40 bits per heavy atom. The molecule has 2 unspecified atom stereocenters. The van der Waals surface area contributed by atoms with Gasteiger partial charge < -0.3 is 15.4 Å². The van der Waals surface area contributed by atoms with Crippen molar-refractivity contribution in [2.45, 2.75) is 38.3 Å². The minimum Gasteiger partial charge on any atom is -0.381 e. The summed E-state index contributed by atoms with van der Waals surface area (Å²) in [4.78, 5) is 12.0. The summed E-state index contributed by atoms with van der Waals surface area (Å²) in [5.74, 6) is 0.615. The lowest BCUT2D eigenvalue weighted by atomic mass is 9.93.